The molecule has 2 bridgehead atoms. The van der Waals surface area contributed by atoms with Crippen molar-refractivity contribution >= 4 is 11.6 Å². The van der Waals surface area contributed by atoms with Crippen LogP contribution in [0.3, 0.4) is 0 Å². The van der Waals surface area contributed by atoms with Crippen LogP contribution in [0.5, 0.6) is 0 Å². The quantitative estimate of drug-likeness (QED) is 0.849. The molecule has 3 heterocycles. The third-order valence-corrected chi connectivity index (χ3v) is 5.23. The Labute approximate surface area is 120 Å². The number of anilines is 1. The predicted molar refractivity (Wildman–Crippen MR) is 79.7 cm³/mol. The molecule has 0 aromatic heterocycles. The van der Waals surface area contributed by atoms with E-state index in [-0.39, 0.29) is 5.92 Å². The number of carbonyl (C=O) groups is 1. The average molecular weight is 270 g/mol. The van der Waals surface area contributed by atoms with Gasteiger partial charge in [-0.25, -0.2) is 0 Å². The number of para-hydroxylation sites is 1. The van der Waals surface area contributed by atoms with E-state index in [1.54, 1.807) is 0 Å². The Kier molecular flexibility index (Phi) is 2.84. The molecule has 4 rings (SSSR count). The van der Waals surface area contributed by atoms with Gasteiger partial charge in [0, 0.05) is 24.3 Å². The van der Waals surface area contributed by atoms with E-state index in [1.165, 1.54) is 18.4 Å². The molecule has 1 amide bonds. The van der Waals surface area contributed by atoms with Crippen molar-refractivity contribution in [2.24, 2.45) is 11.8 Å². The predicted octanol–water partition coefficient (Wildman–Crippen LogP) is 2.35. The van der Waals surface area contributed by atoms with E-state index >= 15 is 0 Å². The van der Waals surface area contributed by atoms with Crippen LogP contribution in [0.25, 0.3) is 0 Å². The van der Waals surface area contributed by atoms with Gasteiger partial charge in [0.25, 0.3) is 0 Å². The number of nitrogens with zero attached hydrogens (tertiary/aromatic N) is 1. The molecule has 3 nitrogen and oxygen atoms in total. The molecule has 106 valence electrons. The second-order valence-electron chi connectivity index (χ2n) is 6.78. The van der Waals surface area contributed by atoms with E-state index in [9.17, 15) is 4.79 Å². The summed E-state index contributed by atoms with van der Waals surface area (Å²) in [4.78, 5) is 15.1. The minimum absolute atomic E-state index is 0.201. The minimum Gasteiger partial charge on any atom is -0.312 e. The molecule has 0 saturated carbocycles. The van der Waals surface area contributed by atoms with Gasteiger partial charge in [0.1, 0.15) is 0 Å². The van der Waals surface area contributed by atoms with Gasteiger partial charge in [0.05, 0.1) is 5.92 Å². The monoisotopic (exact) mass is 270 g/mol. The van der Waals surface area contributed by atoms with Crippen LogP contribution in [0.4, 0.5) is 5.69 Å². The van der Waals surface area contributed by atoms with E-state index in [1.807, 2.05) is 6.07 Å². The number of nitrogens with one attached hydrogen (secondary N) is 1. The lowest BCUT2D eigenvalue weighted by Crippen LogP contribution is -2.45. The van der Waals surface area contributed by atoms with Crippen LogP contribution < -0.4 is 10.2 Å². The lowest BCUT2D eigenvalue weighted by molar-refractivity contribution is -0.123. The topological polar surface area (TPSA) is 32.3 Å². The summed E-state index contributed by atoms with van der Waals surface area (Å²) in [5, 5.41) is 3.59. The fourth-order valence-electron chi connectivity index (χ4n) is 4.30. The van der Waals surface area contributed by atoms with Crippen LogP contribution in [0.1, 0.15) is 31.7 Å². The summed E-state index contributed by atoms with van der Waals surface area (Å²) in [5.74, 6) is 1.11. The molecule has 0 spiro atoms. The summed E-state index contributed by atoms with van der Waals surface area (Å²) in [5.41, 5.74) is 2.48. The van der Waals surface area contributed by atoms with Crippen LogP contribution in [0.2, 0.25) is 0 Å². The average Bonchev–Trinajstić information content (AvgIpc) is 3.08. The third kappa shape index (κ3) is 1.87. The Morgan fingerprint density at radius 1 is 1.30 bits per heavy atom. The first-order chi connectivity index (χ1) is 9.72. The molecule has 1 aromatic carbocycles. The highest BCUT2D eigenvalue weighted by atomic mass is 16.2. The van der Waals surface area contributed by atoms with Gasteiger partial charge in [0.2, 0.25) is 5.91 Å². The lowest BCUT2D eigenvalue weighted by atomic mass is 9.86. The second kappa shape index (κ2) is 4.59. The molecule has 3 aliphatic rings. The zero-order valence-corrected chi connectivity index (χ0v) is 12.0. The molecule has 4 unspecified atom stereocenters. The summed E-state index contributed by atoms with van der Waals surface area (Å²) in [6.07, 6.45) is 4.55. The van der Waals surface area contributed by atoms with Crippen molar-refractivity contribution in [1.82, 2.24) is 5.32 Å². The van der Waals surface area contributed by atoms with Crippen LogP contribution in [0.15, 0.2) is 24.3 Å². The van der Waals surface area contributed by atoms with E-state index in [0.29, 0.717) is 23.9 Å². The Morgan fingerprint density at radius 3 is 2.90 bits per heavy atom. The summed E-state index contributed by atoms with van der Waals surface area (Å²) in [6, 6.07) is 9.43. The van der Waals surface area contributed by atoms with Crippen molar-refractivity contribution in [3.63, 3.8) is 0 Å². The Morgan fingerprint density at radius 2 is 2.15 bits per heavy atom. The summed E-state index contributed by atoms with van der Waals surface area (Å²) < 4.78 is 0. The standard InChI is InChI=1S/C17H22N2O/c1-11-8-12-4-2-3-5-16(12)19(10-11)17(20)14-9-13-6-7-15(14)18-13/h2-5,11,13-15,18H,6-10H2,1H3. The van der Waals surface area contributed by atoms with Crippen LogP contribution >= 0.6 is 0 Å². The lowest BCUT2D eigenvalue weighted by Gasteiger charge is -2.36. The van der Waals surface area contributed by atoms with Gasteiger partial charge < -0.3 is 10.2 Å². The highest BCUT2D eigenvalue weighted by molar-refractivity contribution is 5.97. The molecule has 0 aliphatic carbocycles. The zero-order valence-electron chi connectivity index (χ0n) is 12.0. The Hall–Kier alpha value is -1.35. The maximum absolute atomic E-state index is 13.0. The van der Waals surface area contributed by atoms with Crippen molar-refractivity contribution in [3.05, 3.63) is 29.8 Å². The van der Waals surface area contributed by atoms with E-state index in [2.05, 4.69) is 35.3 Å². The van der Waals surface area contributed by atoms with Crippen LogP contribution in [-0.4, -0.2) is 24.5 Å². The summed E-state index contributed by atoms with van der Waals surface area (Å²) in [6.45, 7) is 3.12. The smallest absolute Gasteiger partial charge is 0.231 e. The van der Waals surface area contributed by atoms with E-state index < -0.39 is 0 Å². The van der Waals surface area contributed by atoms with E-state index in [0.717, 1.165) is 25.1 Å². The van der Waals surface area contributed by atoms with Crippen molar-refractivity contribution in [2.45, 2.75) is 44.7 Å². The molecule has 0 radical (unpaired) electrons. The molecule has 3 aliphatic heterocycles. The summed E-state index contributed by atoms with van der Waals surface area (Å²) in [7, 11) is 0. The number of hydrogen-bond donors (Lipinski definition) is 1. The molecular formula is C17H22N2O. The number of fused-ring (bicyclic) bond motifs is 3. The highest BCUT2D eigenvalue weighted by Gasteiger charge is 2.45. The van der Waals surface area contributed by atoms with Crippen LogP contribution in [-0.2, 0) is 11.2 Å². The largest absolute Gasteiger partial charge is 0.312 e. The SMILES string of the molecule is CC1Cc2ccccc2N(C(=O)C2CC3CCC2N3)C1. The molecule has 1 aromatic rings. The van der Waals surface area contributed by atoms with Gasteiger partial charge in [0.15, 0.2) is 0 Å². The van der Waals surface area contributed by atoms with Crippen molar-refractivity contribution in [2.75, 3.05) is 11.4 Å². The van der Waals surface area contributed by atoms with Gasteiger partial charge in [-0.3, -0.25) is 4.79 Å². The molecule has 1 N–H and O–H groups in total. The first-order valence-electron chi connectivity index (χ1n) is 7.87. The van der Waals surface area contributed by atoms with Crippen molar-refractivity contribution < 1.29 is 4.79 Å². The number of benzene rings is 1. The zero-order chi connectivity index (χ0) is 13.7. The maximum Gasteiger partial charge on any atom is 0.231 e. The third-order valence-electron chi connectivity index (χ3n) is 5.23. The number of hydrogen-bond acceptors (Lipinski definition) is 2. The molecule has 2 fully saturated rings. The number of carbonyl (C=O) groups excluding carboxylic acids is 1. The van der Waals surface area contributed by atoms with Crippen molar-refractivity contribution in [1.29, 1.82) is 0 Å². The van der Waals surface area contributed by atoms with Crippen LogP contribution in [0, 0.1) is 11.8 Å². The molecule has 2 saturated heterocycles. The molecule has 4 atom stereocenters. The van der Waals surface area contributed by atoms with Gasteiger partial charge in [-0.2, -0.15) is 0 Å². The molecule has 3 heteroatoms. The fourth-order valence-corrected chi connectivity index (χ4v) is 4.30. The second-order valence-corrected chi connectivity index (χ2v) is 6.78. The van der Waals surface area contributed by atoms with Gasteiger partial charge in [-0.15, -0.1) is 0 Å². The van der Waals surface area contributed by atoms with Crippen molar-refractivity contribution in [3.8, 4) is 0 Å². The van der Waals surface area contributed by atoms with E-state index in [4.69, 9.17) is 0 Å². The number of amides is 1. The first kappa shape index (κ1) is 12.4. The first-order valence-corrected chi connectivity index (χ1v) is 7.87. The van der Waals surface area contributed by atoms with Gasteiger partial charge in [-0.1, -0.05) is 25.1 Å². The molecule has 20 heavy (non-hydrogen) atoms. The normalized spacial score (nSPS) is 35.1. The Balaban J connectivity index is 1.63. The van der Waals surface area contributed by atoms with Gasteiger partial charge in [-0.05, 0) is 43.2 Å². The fraction of sp³-hybridized carbons (Fsp3) is 0.588. The molecular weight excluding hydrogens is 248 g/mol. The Bertz CT molecular complexity index is 542. The highest BCUT2D eigenvalue weighted by Crippen LogP contribution is 2.37. The van der Waals surface area contributed by atoms with Gasteiger partial charge >= 0.3 is 0 Å². The minimum atomic E-state index is 0.201. The summed E-state index contributed by atoms with van der Waals surface area (Å²) >= 11 is 0. The number of rotatable bonds is 1. The maximum atomic E-state index is 13.0.